The van der Waals surface area contributed by atoms with E-state index in [4.69, 9.17) is 9.47 Å². The molecule has 84 valence electrons. The van der Waals surface area contributed by atoms with Gasteiger partial charge in [0.2, 0.25) is 0 Å². The van der Waals surface area contributed by atoms with Gasteiger partial charge in [-0.1, -0.05) is 19.1 Å². The molecule has 0 aliphatic rings. The van der Waals surface area contributed by atoms with Crippen molar-refractivity contribution in [3.05, 3.63) is 29.3 Å². The summed E-state index contributed by atoms with van der Waals surface area (Å²) >= 11 is 0. The van der Waals surface area contributed by atoms with Crippen LogP contribution in [0.3, 0.4) is 0 Å². The number of methoxy groups -OCH3 is 2. The Balaban J connectivity index is 2.66. The van der Waals surface area contributed by atoms with Crippen molar-refractivity contribution >= 4 is 0 Å². The van der Waals surface area contributed by atoms with Gasteiger partial charge in [-0.15, -0.1) is 0 Å². The SMILES string of the molecule is CCc1cc(CNCOC)ccc1OC. The minimum atomic E-state index is 0.577. The highest BCUT2D eigenvalue weighted by atomic mass is 16.5. The molecule has 0 heterocycles. The molecule has 1 rings (SSSR count). The number of aryl methyl sites for hydroxylation is 1. The largest absolute Gasteiger partial charge is 0.496 e. The molecule has 0 aliphatic carbocycles. The third-order valence-corrected chi connectivity index (χ3v) is 2.30. The van der Waals surface area contributed by atoms with Crippen LogP contribution in [0.4, 0.5) is 0 Å². The van der Waals surface area contributed by atoms with Gasteiger partial charge in [0.05, 0.1) is 13.8 Å². The second-order valence-electron chi connectivity index (χ2n) is 3.36. The average Bonchev–Trinajstić information content (AvgIpc) is 2.29. The molecule has 0 atom stereocenters. The topological polar surface area (TPSA) is 30.5 Å². The molecule has 0 saturated heterocycles. The van der Waals surface area contributed by atoms with Gasteiger partial charge < -0.3 is 9.47 Å². The molecule has 0 spiro atoms. The quantitative estimate of drug-likeness (QED) is 0.574. The Morgan fingerprint density at radius 3 is 2.67 bits per heavy atom. The van der Waals surface area contributed by atoms with Crippen LogP contribution in [0.1, 0.15) is 18.1 Å². The van der Waals surface area contributed by atoms with Crippen LogP contribution in [-0.4, -0.2) is 21.0 Å². The monoisotopic (exact) mass is 209 g/mol. The zero-order valence-electron chi connectivity index (χ0n) is 9.67. The summed E-state index contributed by atoms with van der Waals surface area (Å²) < 4.78 is 10.2. The zero-order chi connectivity index (χ0) is 11.1. The second kappa shape index (κ2) is 6.43. The Morgan fingerprint density at radius 1 is 1.27 bits per heavy atom. The Hall–Kier alpha value is -1.06. The molecular formula is C12H19NO2. The number of nitrogens with one attached hydrogen (secondary N) is 1. The Labute approximate surface area is 91.4 Å². The molecule has 0 amide bonds. The summed E-state index contributed by atoms with van der Waals surface area (Å²) in [5.41, 5.74) is 2.50. The van der Waals surface area contributed by atoms with E-state index in [1.54, 1.807) is 14.2 Å². The molecule has 0 aromatic heterocycles. The first kappa shape index (κ1) is 12.0. The predicted octanol–water partition coefficient (Wildman–Crippen LogP) is 1.95. The molecule has 1 aromatic carbocycles. The summed E-state index contributed by atoms with van der Waals surface area (Å²) in [7, 11) is 3.38. The maximum Gasteiger partial charge on any atom is 0.122 e. The van der Waals surface area contributed by atoms with Crippen molar-refractivity contribution in [3.8, 4) is 5.75 Å². The van der Waals surface area contributed by atoms with E-state index in [0.717, 1.165) is 18.7 Å². The molecule has 1 aromatic rings. The molecule has 0 fully saturated rings. The molecule has 0 unspecified atom stereocenters. The van der Waals surface area contributed by atoms with Gasteiger partial charge in [0, 0.05) is 13.7 Å². The van der Waals surface area contributed by atoms with Crippen molar-refractivity contribution in [2.75, 3.05) is 21.0 Å². The molecule has 3 heteroatoms. The first-order valence-electron chi connectivity index (χ1n) is 5.17. The van der Waals surface area contributed by atoms with E-state index < -0.39 is 0 Å². The molecule has 0 saturated carbocycles. The van der Waals surface area contributed by atoms with E-state index in [2.05, 4.69) is 24.4 Å². The van der Waals surface area contributed by atoms with Crippen LogP contribution in [-0.2, 0) is 17.7 Å². The fourth-order valence-electron chi connectivity index (χ4n) is 1.52. The van der Waals surface area contributed by atoms with Gasteiger partial charge in [-0.05, 0) is 23.6 Å². The molecule has 1 N–H and O–H groups in total. The van der Waals surface area contributed by atoms with Crippen LogP contribution < -0.4 is 10.1 Å². The first-order chi connectivity index (χ1) is 7.31. The van der Waals surface area contributed by atoms with E-state index in [1.165, 1.54) is 11.1 Å². The number of benzene rings is 1. The van der Waals surface area contributed by atoms with E-state index in [9.17, 15) is 0 Å². The lowest BCUT2D eigenvalue weighted by Gasteiger charge is -2.09. The van der Waals surface area contributed by atoms with Crippen LogP contribution in [0.5, 0.6) is 5.75 Å². The number of hydrogen-bond acceptors (Lipinski definition) is 3. The number of hydrogen-bond donors (Lipinski definition) is 1. The molecule has 0 radical (unpaired) electrons. The maximum absolute atomic E-state index is 5.27. The summed E-state index contributed by atoms with van der Waals surface area (Å²) in [4.78, 5) is 0. The van der Waals surface area contributed by atoms with E-state index in [-0.39, 0.29) is 0 Å². The summed E-state index contributed by atoms with van der Waals surface area (Å²) in [5.74, 6) is 0.966. The Morgan fingerprint density at radius 2 is 2.07 bits per heavy atom. The van der Waals surface area contributed by atoms with Crippen LogP contribution in [0.2, 0.25) is 0 Å². The lowest BCUT2D eigenvalue weighted by atomic mass is 10.1. The Kier molecular flexibility index (Phi) is 5.15. The van der Waals surface area contributed by atoms with Crippen LogP contribution in [0.25, 0.3) is 0 Å². The number of rotatable bonds is 6. The smallest absolute Gasteiger partial charge is 0.122 e. The highest BCUT2D eigenvalue weighted by Crippen LogP contribution is 2.20. The van der Waals surface area contributed by atoms with Crippen LogP contribution >= 0.6 is 0 Å². The minimum Gasteiger partial charge on any atom is -0.496 e. The van der Waals surface area contributed by atoms with Crippen molar-refractivity contribution in [2.45, 2.75) is 19.9 Å². The van der Waals surface area contributed by atoms with Crippen LogP contribution in [0, 0.1) is 0 Å². The third kappa shape index (κ3) is 3.53. The van der Waals surface area contributed by atoms with Gasteiger partial charge in [0.1, 0.15) is 5.75 Å². The van der Waals surface area contributed by atoms with Gasteiger partial charge in [0.25, 0.3) is 0 Å². The lowest BCUT2D eigenvalue weighted by Crippen LogP contribution is -2.15. The zero-order valence-corrected chi connectivity index (χ0v) is 9.67. The van der Waals surface area contributed by atoms with Crippen molar-refractivity contribution < 1.29 is 9.47 Å². The van der Waals surface area contributed by atoms with E-state index in [1.807, 2.05) is 6.07 Å². The third-order valence-electron chi connectivity index (χ3n) is 2.30. The minimum absolute atomic E-state index is 0.577. The first-order valence-corrected chi connectivity index (χ1v) is 5.17. The lowest BCUT2D eigenvalue weighted by molar-refractivity contribution is 0.174. The maximum atomic E-state index is 5.27. The predicted molar refractivity (Wildman–Crippen MR) is 61.1 cm³/mol. The normalized spacial score (nSPS) is 10.3. The van der Waals surface area contributed by atoms with E-state index >= 15 is 0 Å². The van der Waals surface area contributed by atoms with Crippen molar-refractivity contribution in [2.24, 2.45) is 0 Å². The highest BCUT2D eigenvalue weighted by Gasteiger charge is 2.01. The highest BCUT2D eigenvalue weighted by molar-refractivity contribution is 5.37. The van der Waals surface area contributed by atoms with Gasteiger partial charge in [-0.25, -0.2) is 0 Å². The summed E-state index contributed by atoms with van der Waals surface area (Å²) in [5, 5.41) is 3.18. The van der Waals surface area contributed by atoms with Gasteiger partial charge in [0.15, 0.2) is 0 Å². The van der Waals surface area contributed by atoms with Gasteiger partial charge in [-0.3, -0.25) is 5.32 Å². The molecule has 3 nitrogen and oxygen atoms in total. The van der Waals surface area contributed by atoms with Crippen molar-refractivity contribution in [3.63, 3.8) is 0 Å². The van der Waals surface area contributed by atoms with Crippen molar-refractivity contribution in [1.29, 1.82) is 0 Å². The average molecular weight is 209 g/mol. The van der Waals surface area contributed by atoms with Crippen LogP contribution in [0.15, 0.2) is 18.2 Å². The standard InChI is InChI=1S/C12H19NO2/c1-4-11-7-10(8-13-9-14-2)5-6-12(11)15-3/h5-7,13H,4,8-9H2,1-3H3. The van der Waals surface area contributed by atoms with E-state index in [0.29, 0.717) is 6.73 Å². The summed E-state index contributed by atoms with van der Waals surface area (Å²) in [6.07, 6.45) is 0.987. The van der Waals surface area contributed by atoms with Gasteiger partial charge >= 0.3 is 0 Å². The summed E-state index contributed by atoms with van der Waals surface area (Å²) in [6.45, 7) is 3.53. The molecular weight excluding hydrogens is 190 g/mol. The molecule has 0 aliphatic heterocycles. The van der Waals surface area contributed by atoms with Crippen molar-refractivity contribution in [1.82, 2.24) is 5.32 Å². The second-order valence-corrected chi connectivity index (χ2v) is 3.36. The van der Waals surface area contributed by atoms with Gasteiger partial charge in [-0.2, -0.15) is 0 Å². The fourth-order valence-corrected chi connectivity index (χ4v) is 1.52. The number of ether oxygens (including phenoxy) is 2. The molecule has 0 bridgehead atoms. The molecule has 15 heavy (non-hydrogen) atoms. The summed E-state index contributed by atoms with van der Waals surface area (Å²) in [6, 6.07) is 6.25. The Bertz CT molecular complexity index is 300. The fraction of sp³-hybridized carbons (Fsp3) is 0.500.